The molecule has 1 aliphatic carbocycles. The molecule has 128 valence electrons. The Morgan fingerprint density at radius 3 is 2.33 bits per heavy atom. The van der Waals surface area contributed by atoms with Crippen LogP contribution >= 0.6 is 0 Å². The number of carbonyl (C=O) groups is 1. The lowest BCUT2D eigenvalue weighted by atomic mass is 9.91. The van der Waals surface area contributed by atoms with Crippen LogP contribution in [0.1, 0.15) is 41.5 Å². The maximum atomic E-state index is 13.1. The van der Waals surface area contributed by atoms with Crippen molar-refractivity contribution in [2.75, 3.05) is 20.3 Å². The van der Waals surface area contributed by atoms with E-state index in [1.165, 1.54) is 5.56 Å². The van der Waals surface area contributed by atoms with Gasteiger partial charge in [-0.15, -0.1) is 0 Å². The third-order valence-electron chi connectivity index (χ3n) is 5.02. The number of hydrogen-bond donors (Lipinski definition) is 0. The van der Waals surface area contributed by atoms with Crippen molar-refractivity contribution in [2.24, 2.45) is 5.92 Å². The molecule has 3 nitrogen and oxygen atoms in total. The first-order valence-electron chi connectivity index (χ1n) is 8.69. The summed E-state index contributed by atoms with van der Waals surface area (Å²) in [5.74, 6) is 1.37. The van der Waals surface area contributed by atoms with Gasteiger partial charge in [0.15, 0.2) is 5.78 Å². The highest BCUT2D eigenvalue weighted by atomic mass is 16.5. The third kappa shape index (κ3) is 3.18. The molecule has 1 heterocycles. The Hall–Kier alpha value is -1.87. The lowest BCUT2D eigenvalue weighted by Crippen LogP contribution is -2.15. The van der Waals surface area contributed by atoms with Crippen molar-refractivity contribution < 1.29 is 14.3 Å². The van der Waals surface area contributed by atoms with Gasteiger partial charge in [0, 0.05) is 25.2 Å². The van der Waals surface area contributed by atoms with Crippen LogP contribution in [-0.2, 0) is 14.3 Å². The van der Waals surface area contributed by atoms with Gasteiger partial charge in [-0.1, -0.05) is 23.8 Å². The predicted molar refractivity (Wildman–Crippen MR) is 95.8 cm³/mol. The fourth-order valence-electron chi connectivity index (χ4n) is 3.93. The fourth-order valence-corrected chi connectivity index (χ4v) is 3.93. The van der Waals surface area contributed by atoms with Crippen molar-refractivity contribution >= 4 is 11.4 Å². The van der Waals surface area contributed by atoms with Crippen LogP contribution in [0.2, 0.25) is 0 Å². The molecular formula is C21H26O3. The van der Waals surface area contributed by atoms with Crippen LogP contribution in [0.25, 0.3) is 5.57 Å². The molecule has 0 spiro atoms. The van der Waals surface area contributed by atoms with Crippen LogP contribution in [0.15, 0.2) is 29.5 Å². The van der Waals surface area contributed by atoms with Crippen LogP contribution < -0.4 is 0 Å². The lowest BCUT2D eigenvalue weighted by Gasteiger charge is -2.19. The number of carbonyl (C=O) groups excluding carboxylic acids is 1. The largest absolute Gasteiger partial charge is 0.500 e. The zero-order chi connectivity index (χ0) is 17.3. The van der Waals surface area contributed by atoms with Crippen molar-refractivity contribution in [3.8, 4) is 0 Å². The Morgan fingerprint density at radius 1 is 1.12 bits per heavy atom. The first-order valence-corrected chi connectivity index (χ1v) is 8.69. The standard InChI is InChI=1S/C21H26O3/c1-13-9-14(2)19(15(3)10-13)20-18(23-4)12-17(21(20)22)11-16-5-7-24-8-6-16/h9-11,16H,5-8,12H2,1-4H3/b17-11+. The first-order chi connectivity index (χ1) is 11.5. The predicted octanol–water partition coefficient (Wildman–Crippen LogP) is 4.30. The summed E-state index contributed by atoms with van der Waals surface area (Å²) >= 11 is 0. The van der Waals surface area contributed by atoms with E-state index in [1.807, 2.05) is 0 Å². The molecule has 1 fully saturated rings. The molecule has 3 heteroatoms. The summed E-state index contributed by atoms with van der Waals surface area (Å²) in [7, 11) is 1.67. The molecule has 0 aromatic heterocycles. The van der Waals surface area contributed by atoms with Gasteiger partial charge in [-0.2, -0.15) is 0 Å². The molecule has 0 N–H and O–H groups in total. The molecule has 0 bridgehead atoms. The van der Waals surface area contributed by atoms with Gasteiger partial charge in [-0.05, 0) is 56.2 Å². The number of hydrogen-bond acceptors (Lipinski definition) is 3. The second-order valence-corrected chi connectivity index (χ2v) is 6.92. The van der Waals surface area contributed by atoms with E-state index < -0.39 is 0 Å². The average molecular weight is 326 g/mol. The number of allylic oxidation sites excluding steroid dienone is 3. The number of rotatable bonds is 3. The minimum absolute atomic E-state index is 0.133. The maximum Gasteiger partial charge on any atom is 0.193 e. The Morgan fingerprint density at radius 2 is 1.75 bits per heavy atom. The van der Waals surface area contributed by atoms with Crippen LogP contribution in [0.4, 0.5) is 0 Å². The van der Waals surface area contributed by atoms with E-state index in [4.69, 9.17) is 9.47 Å². The van der Waals surface area contributed by atoms with E-state index in [0.717, 1.165) is 59.7 Å². The van der Waals surface area contributed by atoms with Gasteiger partial charge in [0.2, 0.25) is 0 Å². The molecule has 0 radical (unpaired) electrons. The van der Waals surface area contributed by atoms with Gasteiger partial charge in [0.25, 0.3) is 0 Å². The van der Waals surface area contributed by atoms with E-state index in [0.29, 0.717) is 12.3 Å². The van der Waals surface area contributed by atoms with Crippen molar-refractivity contribution in [2.45, 2.75) is 40.0 Å². The Balaban J connectivity index is 1.98. The molecule has 0 amide bonds. The normalized spacial score (nSPS) is 21.0. The molecule has 0 saturated carbocycles. The molecule has 1 saturated heterocycles. The number of methoxy groups -OCH3 is 1. The van der Waals surface area contributed by atoms with Gasteiger partial charge in [-0.25, -0.2) is 0 Å². The van der Waals surface area contributed by atoms with Crippen LogP contribution in [0, 0.1) is 26.7 Å². The summed E-state index contributed by atoms with van der Waals surface area (Å²) in [6.45, 7) is 7.81. The second-order valence-electron chi connectivity index (χ2n) is 6.92. The van der Waals surface area contributed by atoms with E-state index in [2.05, 4.69) is 39.0 Å². The zero-order valence-electron chi connectivity index (χ0n) is 15.1. The zero-order valence-corrected chi connectivity index (χ0v) is 15.1. The summed E-state index contributed by atoms with van der Waals surface area (Å²) in [5, 5.41) is 0. The van der Waals surface area contributed by atoms with Gasteiger partial charge in [-0.3, -0.25) is 4.79 Å². The maximum absolute atomic E-state index is 13.1. The Kier molecular flexibility index (Phi) is 4.91. The SMILES string of the molecule is COC1=C(c2c(C)cc(C)cc2C)C(=O)/C(=C/C2CCOCC2)C1. The van der Waals surface area contributed by atoms with Gasteiger partial charge in [0.05, 0.1) is 12.7 Å². The lowest BCUT2D eigenvalue weighted by molar-refractivity contribution is -0.110. The van der Waals surface area contributed by atoms with Crippen LogP contribution in [0.3, 0.4) is 0 Å². The molecule has 0 unspecified atom stereocenters. The van der Waals surface area contributed by atoms with Crippen LogP contribution in [0.5, 0.6) is 0 Å². The number of aryl methyl sites for hydroxylation is 3. The highest BCUT2D eigenvalue weighted by molar-refractivity contribution is 6.32. The minimum Gasteiger partial charge on any atom is -0.500 e. The molecule has 3 rings (SSSR count). The Bertz CT molecular complexity index is 696. The summed E-state index contributed by atoms with van der Waals surface area (Å²) in [6.07, 6.45) is 4.76. The van der Waals surface area contributed by atoms with E-state index in [9.17, 15) is 4.79 Å². The number of ketones is 1. The minimum atomic E-state index is 0.133. The monoisotopic (exact) mass is 326 g/mol. The molecule has 2 aliphatic rings. The van der Waals surface area contributed by atoms with Crippen LogP contribution in [-0.4, -0.2) is 26.1 Å². The molecule has 0 atom stereocenters. The second kappa shape index (κ2) is 6.94. The molecule has 1 aromatic carbocycles. The molecule has 24 heavy (non-hydrogen) atoms. The van der Waals surface area contributed by atoms with Crippen molar-refractivity contribution in [1.29, 1.82) is 0 Å². The smallest absolute Gasteiger partial charge is 0.193 e. The van der Waals surface area contributed by atoms with Crippen molar-refractivity contribution in [3.63, 3.8) is 0 Å². The number of ether oxygens (including phenoxy) is 2. The first kappa shape index (κ1) is 17.0. The van der Waals surface area contributed by atoms with Crippen molar-refractivity contribution in [1.82, 2.24) is 0 Å². The Labute approximate surface area is 144 Å². The molecule has 1 aromatic rings. The van der Waals surface area contributed by atoms with Gasteiger partial charge >= 0.3 is 0 Å². The van der Waals surface area contributed by atoms with Crippen molar-refractivity contribution in [3.05, 3.63) is 51.8 Å². The van der Waals surface area contributed by atoms with Gasteiger partial charge in [0.1, 0.15) is 5.76 Å². The summed E-state index contributed by atoms with van der Waals surface area (Å²) < 4.78 is 11.0. The summed E-state index contributed by atoms with van der Waals surface area (Å²) in [4.78, 5) is 13.1. The van der Waals surface area contributed by atoms with E-state index in [-0.39, 0.29) is 5.78 Å². The molecule has 1 aliphatic heterocycles. The third-order valence-corrected chi connectivity index (χ3v) is 5.02. The average Bonchev–Trinajstić information content (AvgIpc) is 2.84. The number of benzene rings is 1. The number of Topliss-reactive ketones (excluding diaryl/α,β-unsaturated/α-hetero) is 1. The highest BCUT2D eigenvalue weighted by Crippen LogP contribution is 2.39. The molecular weight excluding hydrogens is 300 g/mol. The van der Waals surface area contributed by atoms with E-state index in [1.54, 1.807) is 7.11 Å². The topological polar surface area (TPSA) is 35.5 Å². The fraction of sp³-hybridized carbons (Fsp3) is 0.476. The van der Waals surface area contributed by atoms with Gasteiger partial charge < -0.3 is 9.47 Å². The summed E-state index contributed by atoms with van der Waals surface area (Å²) in [5.41, 5.74) is 6.17. The van der Waals surface area contributed by atoms with E-state index >= 15 is 0 Å². The highest BCUT2D eigenvalue weighted by Gasteiger charge is 2.32. The quantitative estimate of drug-likeness (QED) is 0.777. The summed E-state index contributed by atoms with van der Waals surface area (Å²) in [6, 6.07) is 4.27.